The van der Waals surface area contributed by atoms with Crippen molar-refractivity contribution >= 4 is 17.9 Å². The highest BCUT2D eigenvalue weighted by Gasteiger charge is 2.25. The number of primary amides is 1. The van der Waals surface area contributed by atoms with E-state index in [2.05, 4.69) is 5.32 Å². The van der Waals surface area contributed by atoms with Gasteiger partial charge in [0.05, 0.1) is 5.92 Å². The Balaban J connectivity index is 2.06. The van der Waals surface area contributed by atoms with Gasteiger partial charge in [-0.2, -0.15) is 0 Å². The second-order valence-electron chi connectivity index (χ2n) is 4.92. The van der Waals surface area contributed by atoms with E-state index in [4.69, 9.17) is 10.8 Å². The van der Waals surface area contributed by atoms with Gasteiger partial charge in [-0.3, -0.25) is 14.9 Å². The van der Waals surface area contributed by atoms with Crippen LogP contribution in [-0.2, 0) is 9.59 Å². The minimum absolute atomic E-state index is 0.197. The van der Waals surface area contributed by atoms with Crippen molar-refractivity contribution in [2.75, 3.05) is 13.1 Å². The van der Waals surface area contributed by atoms with Crippen LogP contribution in [0.5, 0.6) is 0 Å². The minimum Gasteiger partial charge on any atom is -0.481 e. The van der Waals surface area contributed by atoms with Crippen molar-refractivity contribution in [1.82, 2.24) is 10.6 Å². The zero-order valence-corrected chi connectivity index (χ0v) is 10.9. The third-order valence-electron chi connectivity index (χ3n) is 3.42. The van der Waals surface area contributed by atoms with E-state index in [0.29, 0.717) is 12.5 Å². The van der Waals surface area contributed by atoms with Crippen LogP contribution in [-0.4, -0.2) is 36.1 Å². The van der Waals surface area contributed by atoms with E-state index in [-0.39, 0.29) is 12.3 Å². The first-order chi connectivity index (χ1) is 8.99. The Morgan fingerprint density at radius 3 is 2.32 bits per heavy atom. The number of rotatable bonds is 6. The number of carbonyl (C=O) groups excluding carboxylic acids is 2. The van der Waals surface area contributed by atoms with Crippen molar-refractivity contribution in [3.8, 4) is 0 Å². The second-order valence-corrected chi connectivity index (χ2v) is 4.92. The molecule has 0 unspecified atom stereocenters. The summed E-state index contributed by atoms with van der Waals surface area (Å²) < 4.78 is 0. The molecular weight excluding hydrogens is 250 g/mol. The maximum atomic E-state index is 11.1. The van der Waals surface area contributed by atoms with E-state index in [1.54, 1.807) is 0 Å². The molecule has 19 heavy (non-hydrogen) atoms. The van der Waals surface area contributed by atoms with Gasteiger partial charge in [0.2, 0.25) is 5.91 Å². The smallest absolute Gasteiger partial charge is 0.318 e. The van der Waals surface area contributed by atoms with Gasteiger partial charge in [0, 0.05) is 13.0 Å². The van der Waals surface area contributed by atoms with Gasteiger partial charge in [0.1, 0.15) is 0 Å². The Hall–Kier alpha value is -1.63. The van der Waals surface area contributed by atoms with Crippen LogP contribution in [0, 0.1) is 11.8 Å². The fourth-order valence-corrected chi connectivity index (χ4v) is 2.32. The summed E-state index contributed by atoms with van der Waals surface area (Å²) in [5, 5.41) is 14.0. The van der Waals surface area contributed by atoms with Crippen LogP contribution in [0.3, 0.4) is 0 Å². The van der Waals surface area contributed by atoms with Gasteiger partial charge in [-0.05, 0) is 38.1 Å². The molecule has 7 nitrogen and oxygen atoms in total. The summed E-state index contributed by atoms with van der Waals surface area (Å²) in [6, 6.07) is -0.836. The molecule has 7 heteroatoms. The van der Waals surface area contributed by atoms with Crippen LogP contribution < -0.4 is 16.4 Å². The molecule has 1 aliphatic carbocycles. The number of nitrogens with two attached hydrogens (primary N) is 1. The van der Waals surface area contributed by atoms with Crippen LogP contribution in [0.15, 0.2) is 0 Å². The number of aliphatic carboxylic acids is 1. The standard InChI is InChI=1S/C12H21N3O4/c13-12(19)15-10(16)5-6-14-7-8-1-3-9(4-2-8)11(17)18/h8-9,14H,1-7H2,(H,17,18)(H3,13,15,16,19). The summed E-state index contributed by atoms with van der Waals surface area (Å²) in [5.41, 5.74) is 4.81. The summed E-state index contributed by atoms with van der Waals surface area (Å²) in [5.74, 6) is -0.823. The van der Waals surface area contributed by atoms with E-state index in [9.17, 15) is 14.4 Å². The molecule has 0 aromatic heterocycles. The van der Waals surface area contributed by atoms with Gasteiger partial charge in [-0.15, -0.1) is 0 Å². The molecule has 1 fully saturated rings. The van der Waals surface area contributed by atoms with Crippen LogP contribution in [0.25, 0.3) is 0 Å². The fourth-order valence-electron chi connectivity index (χ4n) is 2.32. The predicted molar refractivity (Wildman–Crippen MR) is 68.3 cm³/mol. The highest BCUT2D eigenvalue weighted by molar-refractivity contribution is 5.93. The van der Waals surface area contributed by atoms with Crippen molar-refractivity contribution in [3.63, 3.8) is 0 Å². The summed E-state index contributed by atoms with van der Waals surface area (Å²) in [6.45, 7) is 1.26. The van der Waals surface area contributed by atoms with E-state index in [1.165, 1.54) is 0 Å². The average Bonchev–Trinajstić information content (AvgIpc) is 2.34. The molecule has 108 valence electrons. The minimum atomic E-state index is -0.836. The summed E-state index contributed by atoms with van der Waals surface area (Å²) >= 11 is 0. The van der Waals surface area contributed by atoms with Crippen molar-refractivity contribution in [3.05, 3.63) is 0 Å². The molecule has 1 saturated carbocycles. The molecule has 0 aromatic rings. The highest BCUT2D eigenvalue weighted by atomic mass is 16.4. The molecule has 5 N–H and O–H groups in total. The zero-order chi connectivity index (χ0) is 14.3. The third-order valence-corrected chi connectivity index (χ3v) is 3.42. The van der Waals surface area contributed by atoms with Gasteiger partial charge in [0.25, 0.3) is 0 Å². The number of amides is 3. The predicted octanol–water partition coefficient (Wildman–Crippen LogP) is 0.0520. The Kier molecular flexibility index (Phi) is 6.27. The fraction of sp³-hybridized carbons (Fsp3) is 0.750. The maximum Gasteiger partial charge on any atom is 0.318 e. The van der Waals surface area contributed by atoms with Crippen LogP contribution in [0.4, 0.5) is 4.79 Å². The summed E-state index contributed by atoms with van der Waals surface area (Å²) in [6.07, 6.45) is 3.45. The van der Waals surface area contributed by atoms with Crippen molar-refractivity contribution in [2.45, 2.75) is 32.1 Å². The molecule has 0 aliphatic heterocycles. The molecule has 0 saturated heterocycles. The Morgan fingerprint density at radius 2 is 1.79 bits per heavy atom. The van der Waals surface area contributed by atoms with Crippen LogP contribution >= 0.6 is 0 Å². The quantitative estimate of drug-likeness (QED) is 0.509. The van der Waals surface area contributed by atoms with Crippen molar-refractivity contribution in [1.29, 1.82) is 0 Å². The Bertz CT molecular complexity index is 338. The van der Waals surface area contributed by atoms with Crippen molar-refractivity contribution < 1.29 is 19.5 Å². The number of hydrogen-bond donors (Lipinski definition) is 4. The van der Waals surface area contributed by atoms with Gasteiger partial charge in [-0.25, -0.2) is 4.79 Å². The number of hydrogen-bond acceptors (Lipinski definition) is 4. The topological polar surface area (TPSA) is 122 Å². The molecule has 1 rings (SSSR count). The van der Waals surface area contributed by atoms with Gasteiger partial charge in [0.15, 0.2) is 0 Å². The van der Waals surface area contributed by atoms with E-state index in [1.807, 2.05) is 5.32 Å². The zero-order valence-electron chi connectivity index (χ0n) is 10.9. The lowest BCUT2D eigenvalue weighted by atomic mass is 9.82. The van der Waals surface area contributed by atoms with E-state index >= 15 is 0 Å². The summed E-state index contributed by atoms with van der Waals surface area (Å²) in [4.78, 5) is 32.3. The molecule has 0 spiro atoms. The lowest BCUT2D eigenvalue weighted by Gasteiger charge is -2.26. The first-order valence-corrected chi connectivity index (χ1v) is 6.52. The number of carbonyl (C=O) groups is 3. The van der Waals surface area contributed by atoms with Crippen LogP contribution in [0.2, 0.25) is 0 Å². The number of urea groups is 1. The lowest BCUT2D eigenvalue weighted by Crippen LogP contribution is -2.37. The molecule has 1 aliphatic rings. The lowest BCUT2D eigenvalue weighted by molar-refractivity contribution is -0.143. The normalized spacial score (nSPS) is 22.7. The van der Waals surface area contributed by atoms with E-state index < -0.39 is 17.9 Å². The van der Waals surface area contributed by atoms with Crippen LogP contribution in [0.1, 0.15) is 32.1 Å². The molecule has 0 heterocycles. The first-order valence-electron chi connectivity index (χ1n) is 6.52. The van der Waals surface area contributed by atoms with E-state index in [0.717, 1.165) is 32.2 Å². The SMILES string of the molecule is NC(=O)NC(=O)CCNCC1CCC(C(=O)O)CC1. The molecule has 0 aromatic carbocycles. The Morgan fingerprint density at radius 1 is 1.16 bits per heavy atom. The molecule has 0 bridgehead atoms. The molecule has 0 radical (unpaired) electrons. The second kappa shape index (κ2) is 7.73. The number of carboxylic acids is 1. The van der Waals surface area contributed by atoms with Gasteiger partial charge < -0.3 is 16.2 Å². The molecule has 3 amide bonds. The molecular formula is C12H21N3O4. The summed E-state index contributed by atoms with van der Waals surface area (Å²) in [7, 11) is 0. The highest BCUT2D eigenvalue weighted by Crippen LogP contribution is 2.28. The first kappa shape index (κ1) is 15.4. The Labute approximate surface area is 111 Å². The average molecular weight is 271 g/mol. The number of nitrogens with one attached hydrogen (secondary N) is 2. The monoisotopic (exact) mass is 271 g/mol. The van der Waals surface area contributed by atoms with Gasteiger partial charge >= 0.3 is 12.0 Å². The van der Waals surface area contributed by atoms with Gasteiger partial charge in [-0.1, -0.05) is 0 Å². The third kappa shape index (κ3) is 6.19. The largest absolute Gasteiger partial charge is 0.481 e. The maximum absolute atomic E-state index is 11.1. The number of carboxylic acid groups (broad SMARTS) is 1. The number of imide groups is 1. The molecule has 0 atom stereocenters. The van der Waals surface area contributed by atoms with Crippen molar-refractivity contribution in [2.24, 2.45) is 17.6 Å².